The zero-order chi connectivity index (χ0) is 18.1. The van der Waals surface area contributed by atoms with E-state index in [2.05, 4.69) is 16.3 Å². The number of nitriles is 1. The van der Waals surface area contributed by atoms with E-state index in [1.807, 2.05) is 38.1 Å². The number of hydrogen-bond acceptors (Lipinski definition) is 4. The standard InChI is InChI=1S/C20H29N3O2/c1-16(2)25-13-5-10-22-20(24)17-8-11-23(12-9-17)15-19-7-4-3-6-18(19)14-21/h3-4,6-7,16-17H,5,8-13,15H2,1-2H3,(H,22,24). The maximum absolute atomic E-state index is 12.2. The molecule has 0 unspecified atom stereocenters. The van der Waals surface area contributed by atoms with E-state index in [4.69, 9.17) is 4.74 Å². The first-order chi connectivity index (χ1) is 12.1. The highest BCUT2D eigenvalue weighted by molar-refractivity contribution is 5.78. The molecule has 1 saturated heterocycles. The molecular formula is C20H29N3O2. The lowest BCUT2D eigenvalue weighted by Gasteiger charge is -2.31. The molecule has 25 heavy (non-hydrogen) atoms. The van der Waals surface area contributed by atoms with E-state index < -0.39 is 0 Å². The van der Waals surface area contributed by atoms with Gasteiger partial charge in [0.25, 0.3) is 0 Å². The lowest BCUT2D eigenvalue weighted by Crippen LogP contribution is -2.40. The highest BCUT2D eigenvalue weighted by Crippen LogP contribution is 2.20. The second-order valence-electron chi connectivity index (χ2n) is 6.88. The molecule has 0 spiro atoms. The minimum atomic E-state index is 0.105. The summed E-state index contributed by atoms with van der Waals surface area (Å²) in [7, 11) is 0. The molecular weight excluding hydrogens is 314 g/mol. The number of carbonyl (C=O) groups is 1. The van der Waals surface area contributed by atoms with Crippen LogP contribution < -0.4 is 5.32 Å². The fourth-order valence-corrected chi connectivity index (χ4v) is 3.11. The summed E-state index contributed by atoms with van der Waals surface area (Å²) >= 11 is 0. The molecule has 1 amide bonds. The number of amides is 1. The van der Waals surface area contributed by atoms with Gasteiger partial charge in [0.1, 0.15) is 0 Å². The average Bonchev–Trinajstić information content (AvgIpc) is 2.62. The monoisotopic (exact) mass is 343 g/mol. The molecule has 0 atom stereocenters. The van der Waals surface area contributed by atoms with Crippen molar-refractivity contribution in [2.75, 3.05) is 26.2 Å². The molecule has 136 valence electrons. The molecule has 5 heteroatoms. The van der Waals surface area contributed by atoms with E-state index in [0.29, 0.717) is 13.2 Å². The van der Waals surface area contributed by atoms with Gasteiger partial charge in [0.2, 0.25) is 5.91 Å². The van der Waals surface area contributed by atoms with Gasteiger partial charge >= 0.3 is 0 Å². The summed E-state index contributed by atoms with van der Waals surface area (Å²) in [5.41, 5.74) is 1.81. The minimum Gasteiger partial charge on any atom is -0.379 e. The molecule has 0 aliphatic carbocycles. The molecule has 1 aromatic rings. The van der Waals surface area contributed by atoms with Gasteiger partial charge < -0.3 is 10.1 Å². The van der Waals surface area contributed by atoms with Crippen molar-refractivity contribution >= 4 is 5.91 Å². The number of piperidine rings is 1. The lowest BCUT2D eigenvalue weighted by molar-refractivity contribution is -0.126. The van der Waals surface area contributed by atoms with Crippen LogP contribution in [0.2, 0.25) is 0 Å². The third kappa shape index (κ3) is 6.49. The number of hydrogen-bond donors (Lipinski definition) is 1. The SMILES string of the molecule is CC(C)OCCCNC(=O)C1CCN(Cc2ccccc2C#N)CC1. The van der Waals surface area contributed by atoms with Crippen LogP contribution in [0.15, 0.2) is 24.3 Å². The van der Waals surface area contributed by atoms with Gasteiger partial charge in [0.05, 0.1) is 17.7 Å². The van der Waals surface area contributed by atoms with Crippen molar-refractivity contribution in [1.82, 2.24) is 10.2 Å². The molecule has 1 aliphatic rings. The highest BCUT2D eigenvalue weighted by Gasteiger charge is 2.24. The average molecular weight is 343 g/mol. The number of ether oxygens (including phenoxy) is 1. The van der Waals surface area contributed by atoms with Crippen LogP contribution in [0.1, 0.15) is 44.2 Å². The Morgan fingerprint density at radius 1 is 1.36 bits per heavy atom. The third-order valence-electron chi connectivity index (χ3n) is 4.56. The number of carbonyl (C=O) groups excluding carboxylic acids is 1. The number of nitrogens with one attached hydrogen (secondary N) is 1. The van der Waals surface area contributed by atoms with Gasteiger partial charge in [0, 0.05) is 25.6 Å². The normalized spacial score (nSPS) is 15.9. The van der Waals surface area contributed by atoms with E-state index >= 15 is 0 Å². The Bertz CT molecular complexity index is 587. The summed E-state index contributed by atoms with van der Waals surface area (Å²) in [4.78, 5) is 14.6. The van der Waals surface area contributed by atoms with Crippen molar-refractivity contribution in [3.05, 3.63) is 35.4 Å². The molecule has 1 fully saturated rings. The second kappa shape index (κ2) is 10.2. The van der Waals surface area contributed by atoms with Crippen molar-refractivity contribution < 1.29 is 9.53 Å². The van der Waals surface area contributed by atoms with Crippen LogP contribution in [-0.4, -0.2) is 43.2 Å². The molecule has 0 saturated carbocycles. The molecule has 1 heterocycles. The molecule has 0 radical (unpaired) electrons. The van der Waals surface area contributed by atoms with E-state index in [9.17, 15) is 10.1 Å². The van der Waals surface area contributed by atoms with E-state index in [1.54, 1.807) is 0 Å². The van der Waals surface area contributed by atoms with Gasteiger partial charge in [-0.05, 0) is 57.8 Å². The van der Waals surface area contributed by atoms with Crippen LogP contribution in [0.25, 0.3) is 0 Å². The van der Waals surface area contributed by atoms with Crippen LogP contribution in [-0.2, 0) is 16.1 Å². The number of nitrogens with zero attached hydrogens (tertiary/aromatic N) is 2. The minimum absolute atomic E-state index is 0.105. The Hall–Kier alpha value is -1.90. The molecule has 0 bridgehead atoms. The zero-order valence-electron chi connectivity index (χ0n) is 15.3. The van der Waals surface area contributed by atoms with Crippen molar-refractivity contribution in [2.45, 2.75) is 45.8 Å². The van der Waals surface area contributed by atoms with Crippen LogP contribution >= 0.6 is 0 Å². The van der Waals surface area contributed by atoms with Gasteiger partial charge in [0.15, 0.2) is 0 Å². The Labute approximate surface area is 151 Å². The maximum atomic E-state index is 12.2. The van der Waals surface area contributed by atoms with E-state index in [0.717, 1.165) is 50.0 Å². The number of benzene rings is 1. The molecule has 1 aromatic carbocycles. The number of rotatable bonds is 8. The first kappa shape index (κ1) is 19.4. The van der Waals surface area contributed by atoms with Crippen molar-refractivity contribution in [2.24, 2.45) is 5.92 Å². The molecule has 1 N–H and O–H groups in total. The number of likely N-dealkylation sites (tertiary alicyclic amines) is 1. The van der Waals surface area contributed by atoms with E-state index in [-0.39, 0.29) is 17.9 Å². The first-order valence-electron chi connectivity index (χ1n) is 9.20. The Kier molecular flexibility index (Phi) is 7.90. The molecule has 5 nitrogen and oxygen atoms in total. The summed E-state index contributed by atoms with van der Waals surface area (Å²) in [5, 5.41) is 12.2. The molecule has 0 aromatic heterocycles. The van der Waals surface area contributed by atoms with Crippen LogP contribution in [0, 0.1) is 17.2 Å². The van der Waals surface area contributed by atoms with Crippen molar-refractivity contribution in [1.29, 1.82) is 5.26 Å². The van der Waals surface area contributed by atoms with Crippen LogP contribution in [0.3, 0.4) is 0 Å². The van der Waals surface area contributed by atoms with Crippen LogP contribution in [0.5, 0.6) is 0 Å². The fraction of sp³-hybridized carbons (Fsp3) is 0.600. The predicted molar refractivity (Wildman–Crippen MR) is 97.9 cm³/mol. The van der Waals surface area contributed by atoms with E-state index in [1.165, 1.54) is 0 Å². The second-order valence-corrected chi connectivity index (χ2v) is 6.88. The van der Waals surface area contributed by atoms with Gasteiger partial charge in [-0.25, -0.2) is 0 Å². The zero-order valence-corrected chi connectivity index (χ0v) is 15.3. The summed E-state index contributed by atoms with van der Waals surface area (Å²) in [6, 6.07) is 9.99. The maximum Gasteiger partial charge on any atom is 0.223 e. The summed E-state index contributed by atoms with van der Waals surface area (Å²) in [5.74, 6) is 0.273. The van der Waals surface area contributed by atoms with Gasteiger partial charge in [-0.1, -0.05) is 18.2 Å². The Morgan fingerprint density at radius 3 is 2.76 bits per heavy atom. The third-order valence-corrected chi connectivity index (χ3v) is 4.56. The smallest absolute Gasteiger partial charge is 0.223 e. The Balaban J connectivity index is 1.69. The lowest BCUT2D eigenvalue weighted by atomic mass is 9.95. The molecule has 2 rings (SSSR count). The first-order valence-corrected chi connectivity index (χ1v) is 9.20. The van der Waals surface area contributed by atoms with Gasteiger partial charge in [-0.15, -0.1) is 0 Å². The Morgan fingerprint density at radius 2 is 2.08 bits per heavy atom. The summed E-state index contributed by atoms with van der Waals surface area (Å²) in [6.07, 6.45) is 2.85. The highest BCUT2D eigenvalue weighted by atomic mass is 16.5. The summed E-state index contributed by atoms with van der Waals surface area (Å²) in [6.45, 7) is 7.98. The topological polar surface area (TPSA) is 65.4 Å². The van der Waals surface area contributed by atoms with Gasteiger partial charge in [-0.2, -0.15) is 5.26 Å². The largest absolute Gasteiger partial charge is 0.379 e. The molecule has 1 aliphatic heterocycles. The quantitative estimate of drug-likeness (QED) is 0.737. The van der Waals surface area contributed by atoms with Gasteiger partial charge in [-0.3, -0.25) is 9.69 Å². The van der Waals surface area contributed by atoms with Crippen molar-refractivity contribution in [3.8, 4) is 6.07 Å². The van der Waals surface area contributed by atoms with Crippen LogP contribution in [0.4, 0.5) is 0 Å². The fourth-order valence-electron chi connectivity index (χ4n) is 3.11. The summed E-state index contributed by atoms with van der Waals surface area (Å²) < 4.78 is 5.48. The van der Waals surface area contributed by atoms with Crippen molar-refractivity contribution in [3.63, 3.8) is 0 Å². The predicted octanol–water partition coefficient (Wildman–Crippen LogP) is 2.70.